The fraction of sp³-hybridized carbons (Fsp3) is 0.300. The number of benzene rings is 2. The van der Waals surface area contributed by atoms with Crippen LogP contribution in [-0.4, -0.2) is 56.7 Å². The van der Waals surface area contributed by atoms with Crippen LogP contribution < -0.4 is 9.64 Å². The van der Waals surface area contributed by atoms with Crippen molar-refractivity contribution >= 4 is 17.6 Å². The summed E-state index contributed by atoms with van der Waals surface area (Å²) < 4.78 is 23.2. The molecule has 27 heavy (non-hydrogen) atoms. The first-order valence-corrected chi connectivity index (χ1v) is 8.66. The molecule has 1 fully saturated rings. The number of carbonyl (C=O) groups is 2. The number of rotatable bonds is 5. The van der Waals surface area contributed by atoms with Crippen LogP contribution in [0, 0.1) is 5.82 Å². The predicted octanol–water partition coefficient (Wildman–Crippen LogP) is 2.34. The van der Waals surface area contributed by atoms with Gasteiger partial charge in [0.15, 0.2) is 6.61 Å². The molecule has 0 radical (unpaired) electrons. The second-order valence-corrected chi connectivity index (χ2v) is 6.15. The molecule has 0 aromatic heterocycles. The van der Waals surface area contributed by atoms with Crippen LogP contribution in [0.1, 0.15) is 10.4 Å². The minimum absolute atomic E-state index is 0.0614. The average molecular weight is 372 g/mol. The first kappa shape index (κ1) is 18.7. The molecule has 0 spiro atoms. The third-order valence-corrected chi connectivity index (χ3v) is 4.46. The highest BCUT2D eigenvalue weighted by atomic mass is 19.1. The van der Waals surface area contributed by atoms with Crippen LogP contribution in [0.4, 0.5) is 10.1 Å². The molecule has 7 heteroatoms. The van der Waals surface area contributed by atoms with Crippen molar-refractivity contribution in [2.75, 3.05) is 44.8 Å². The molecule has 2 aromatic carbocycles. The van der Waals surface area contributed by atoms with E-state index in [-0.39, 0.29) is 18.3 Å². The number of amides is 1. The number of hydrogen-bond donors (Lipinski definition) is 0. The predicted molar refractivity (Wildman–Crippen MR) is 98.5 cm³/mol. The standard InChI is InChI=1S/C20H21FN2O4/c1-26-20(25)15-2-8-18(9-3-15)27-14-19(24)23-12-10-22(11-13-23)17-6-4-16(21)5-7-17/h2-9H,10-14H2,1H3. The van der Waals surface area contributed by atoms with Gasteiger partial charge in [0.2, 0.25) is 0 Å². The van der Waals surface area contributed by atoms with Crippen molar-refractivity contribution in [3.8, 4) is 5.75 Å². The van der Waals surface area contributed by atoms with Crippen molar-refractivity contribution in [3.63, 3.8) is 0 Å². The van der Waals surface area contributed by atoms with E-state index < -0.39 is 5.97 Å². The molecule has 1 amide bonds. The van der Waals surface area contributed by atoms with Crippen LogP contribution in [0.15, 0.2) is 48.5 Å². The summed E-state index contributed by atoms with van der Waals surface area (Å²) in [6.07, 6.45) is 0. The summed E-state index contributed by atoms with van der Waals surface area (Å²) in [6, 6.07) is 12.8. The second-order valence-electron chi connectivity index (χ2n) is 6.15. The molecule has 6 nitrogen and oxygen atoms in total. The number of hydrogen-bond acceptors (Lipinski definition) is 5. The normalized spacial score (nSPS) is 14.0. The molecule has 3 rings (SSSR count). The van der Waals surface area contributed by atoms with Gasteiger partial charge in [0, 0.05) is 31.9 Å². The zero-order chi connectivity index (χ0) is 19.2. The van der Waals surface area contributed by atoms with E-state index in [1.165, 1.54) is 19.2 Å². The number of piperazine rings is 1. The fourth-order valence-corrected chi connectivity index (χ4v) is 2.91. The Morgan fingerprint density at radius 3 is 2.19 bits per heavy atom. The van der Waals surface area contributed by atoms with E-state index in [4.69, 9.17) is 4.74 Å². The van der Waals surface area contributed by atoms with E-state index in [0.717, 1.165) is 5.69 Å². The maximum atomic E-state index is 13.0. The number of halogens is 1. The molecular weight excluding hydrogens is 351 g/mol. The molecular formula is C20H21FN2O4. The monoisotopic (exact) mass is 372 g/mol. The molecule has 1 aliphatic rings. The van der Waals surface area contributed by atoms with Crippen molar-refractivity contribution < 1.29 is 23.5 Å². The minimum Gasteiger partial charge on any atom is -0.484 e. The Morgan fingerprint density at radius 2 is 1.59 bits per heavy atom. The number of esters is 1. The fourth-order valence-electron chi connectivity index (χ4n) is 2.91. The van der Waals surface area contributed by atoms with Gasteiger partial charge in [-0.25, -0.2) is 9.18 Å². The summed E-state index contributed by atoms with van der Waals surface area (Å²) in [4.78, 5) is 27.6. The first-order chi connectivity index (χ1) is 13.1. The molecule has 2 aromatic rings. The zero-order valence-corrected chi connectivity index (χ0v) is 15.1. The number of methoxy groups -OCH3 is 1. The summed E-state index contributed by atoms with van der Waals surface area (Å²) in [5.74, 6) is -0.257. The average Bonchev–Trinajstić information content (AvgIpc) is 2.72. The van der Waals surface area contributed by atoms with Crippen LogP contribution in [0.5, 0.6) is 5.75 Å². The van der Waals surface area contributed by atoms with Crippen LogP contribution >= 0.6 is 0 Å². The lowest BCUT2D eigenvalue weighted by atomic mass is 10.2. The number of nitrogens with zero attached hydrogens (tertiary/aromatic N) is 2. The molecule has 0 aliphatic carbocycles. The topological polar surface area (TPSA) is 59.1 Å². The Hall–Kier alpha value is -3.09. The number of ether oxygens (including phenoxy) is 2. The number of anilines is 1. The lowest BCUT2D eigenvalue weighted by Crippen LogP contribution is -2.50. The van der Waals surface area contributed by atoms with Crippen molar-refractivity contribution in [1.82, 2.24) is 4.90 Å². The Labute approximate surface area is 157 Å². The third kappa shape index (κ3) is 4.75. The van der Waals surface area contributed by atoms with Crippen LogP contribution in [0.25, 0.3) is 0 Å². The summed E-state index contributed by atoms with van der Waals surface area (Å²) in [7, 11) is 1.32. The van der Waals surface area contributed by atoms with E-state index in [0.29, 0.717) is 37.5 Å². The van der Waals surface area contributed by atoms with E-state index in [2.05, 4.69) is 9.64 Å². The van der Waals surface area contributed by atoms with E-state index >= 15 is 0 Å². The lowest BCUT2D eigenvalue weighted by molar-refractivity contribution is -0.133. The molecule has 1 heterocycles. The maximum Gasteiger partial charge on any atom is 0.337 e. The molecule has 1 aliphatic heterocycles. The van der Waals surface area contributed by atoms with Gasteiger partial charge in [-0.15, -0.1) is 0 Å². The van der Waals surface area contributed by atoms with Crippen molar-refractivity contribution in [2.24, 2.45) is 0 Å². The van der Waals surface area contributed by atoms with Crippen molar-refractivity contribution in [1.29, 1.82) is 0 Å². The van der Waals surface area contributed by atoms with Crippen molar-refractivity contribution in [3.05, 3.63) is 59.9 Å². The zero-order valence-electron chi connectivity index (χ0n) is 15.1. The highest BCUT2D eigenvalue weighted by molar-refractivity contribution is 5.89. The van der Waals surface area contributed by atoms with Gasteiger partial charge in [-0.1, -0.05) is 0 Å². The largest absolute Gasteiger partial charge is 0.484 e. The van der Waals surface area contributed by atoms with Crippen LogP contribution in [-0.2, 0) is 9.53 Å². The quantitative estimate of drug-likeness (QED) is 0.754. The molecule has 142 valence electrons. The van der Waals surface area contributed by atoms with Gasteiger partial charge < -0.3 is 19.3 Å². The molecule has 0 saturated carbocycles. The van der Waals surface area contributed by atoms with E-state index in [1.807, 2.05) is 0 Å². The van der Waals surface area contributed by atoms with E-state index in [9.17, 15) is 14.0 Å². The van der Waals surface area contributed by atoms with Gasteiger partial charge in [-0.3, -0.25) is 4.79 Å². The van der Waals surface area contributed by atoms with Gasteiger partial charge in [-0.2, -0.15) is 0 Å². The van der Waals surface area contributed by atoms with Crippen LogP contribution in [0.3, 0.4) is 0 Å². The lowest BCUT2D eigenvalue weighted by Gasteiger charge is -2.36. The summed E-state index contributed by atoms with van der Waals surface area (Å²) in [5, 5.41) is 0. The molecule has 0 bridgehead atoms. The Bertz CT molecular complexity index is 785. The second kappa shape index (κ2) is 8.53. The smallest absolute Gasteiger partial charge is 0.337 e. The molecule has 0 N–H and O–H groups in total. The molecule has 1 saturated heterocycles. The highest BCUT2D eigenvalue weighted by Gasteiger charge is 2.21. The van der Waals surface area contributed by atoms with Gasteiger partial charge in [0.25, 0.3) is 5.91 Å². The van der Waals surface area contributed by atoms with Gasteiger partial charge in [0.05, 0.1) is 12.7 Å². The Morgan fingerprint density at radius 1 is 0.963 bits per heavy atom. The van der Waals surface area contributed by atoms with Gasteiger partial charge in [-0.05, 0) is 48.5 Å². The summed E-state index contributed by atoms with van der Waals surface area (Å²) >= 11 is 0. The Kier molecular flexibility index (Phi) is 5.90. The first-order valence-electron chi connectivity index (χ1n) is 8.66. The number of carbonyl (C=O) groups excluding carboxylic acids is 2. The Balaban J connectivity index is 1.47. The van der Waals surface area contributed by atoms with E-state index in [1.54, 1.807) is 41.3 Å². The SMILES string of the molecule is COC(=O)c1ccc(OCC(=O)N2CCN(c3ccc(F)cc3)CC2)cc1. The summed E-state index contributed by atoms with van der Waals surface area (Å²) in [6.45, 7) is 2.48. The minimum atomic E-state index is -0.420. The van der Waals surface area contributed by atoms with Gasteiger partial charge >= 0.3 is 5.97 Å². The highest BCUT2D eigenvalue weighted by Crippen LogP contribution is 2.17. The summed E-state index contributed by atoms with van der Waals surface area (Å²) in [5.41, 5.74) is 1.37. The van der Waals surface area contributed by atoms with Crippen molar-refractivity contribution in [2.45, 2.75) is 0 Å². The third-order valence-electron chi connectivity index (χ3n) is 4.46. The maximum absolute atomic E-state index is 13.0. The molecule has 0 atom stereocenters. The van der Waals surface area contributed by atoms with Gasteiger partial charge in [0.1, 0.15) is 11.6 Å². The van der Waals surface area contributed by atoms with Crippen LogP contribution in [0.2, 0.25) is 0 Å². The molecule has 0 unspecified atom stereocenters.